The van der Waals surface area contributed by atoms with Crippen LogP contribution in [-0.4, -0.2) is 56.8 Å². The van der Waals surface area contributed by atoms with Crippen LogP contribution in [0.25, 0.3) is 0 Å². The average Bonchev–Trinajstić information content (AvgIpc) is 2.52. The highest BCUT2D eigenvalue weighted by atomic mass is 16.5. The predicted octanol–water partition coefficient (Wildman–Crippen LogP) is 1.47. The summed E-state index contributed by atoms with van der Waals surface area (Å²) in [5, 5.41) is 0. The molecular weight excluding hydrogens is 264 g/mol. The summed E-state index contributed by atoms with van der Waals surface area (Å²) in [5.41, 5.74) is 8.57. The fraction of sp³-hybridized carbons (Fsp3) is 0.562. The van der Waals surface area contributed by atoms with Crippen molar-refractivity contribution in [2.45, 2.75) is 13.8 Å². The van der Waals surface area contributed by atoms with Crippen LogP contribution in [0.4, 0.5) is 5.69 Å². The molecule has 116 valence electrons. The maximum absolute atomic E-state index is 6.04. The summed E-state index contributed by atoms with van der Waals surface area (Å²) in [7, 11) is 0. The van der Waals surface area contributed by atoms with E-state index in [4.69, 9.17) is 10.5 Å². The van der Waals surface area contributed by atoms with E-state index in [0.29, 0.717) is 12.5 Å². The van der Waals surface area contributed by atoms with Gasteiger partial charge in [-0.05, 0) is 31.5 Å². The number of aryl methyl sites for hydroxylation is 1. The van der Waals surface area contributed by atoms with Crippen molar-refractivity contribution in [3.05, 3.63) is 29.8 Å². The molecular formula is C16H26N4O. The van der Waals surface area contributed by atoms with Crippen molar-refractivity contribution in [3.63, 3.8) is 0 Å². The summed E-state index contributed by atoms with van der Waals surface area (Å²) < 4.78 is 5.32. The number of ether oxygens (including phenoxy) is 1. The lowest BCUT2D eigenvalue weighted by Gasteiger charge is -2.28. The van der Waals surface area contributed by atoms with E-state index in [0.717, 1.165) is 39.4 Å². The van der Waals surface area contributed by atoms with E-state index in [1.165, 1.54) is 11.3 Å². The quantitative estimate of drug-likeness (QED) is 0.659. The number of anilines is 1. The largest absolute Gasteiger partial charge is 0.378 e. The van der Waals surface area contributed by atoms with Crippen molar-refractivity contribution >= 4 is 11.6 Å². The molecule has 1 aromatic carbocycles. The number of aliphatic imine (C=N–C) groups is 1. The Balaban J connectivity index is 1.88. The zero-order valence-electron chi connectivity index (χ0n) is 13.1. The second-order valence-electron chi connectivity index (χ2n) is 5.26. The minimum Gasteiger partial charge on any atom is -0.378 e. The van der Waals surface area contributed by atoms with Crippen LogP contribution < -0.4 is 10.6 Å². The summed E-state index contributed by atoms with van der Waals surface area (Å²) in [6, 6.07) is 8.56. The lowest BCUT2D eigenvalue weighted by atomic mass is 10.2. The first-order valence-corrected chi connectivity index (χ1v) is 7.65. The molecule has 0 amide bonds. The van der Waals surface area contributed by atoms with E-state index in [-0.39, 0.29) is 0 Å². The number of hydrogen-bond acceptors (Lipinski definition) is 3. The minimum atomic E-state index is 0.638. The summed E-state index contributed by atoms with van der Waals surface area (Å²) in [6.45, 7) is 9.99. The first kappa shape index (κ1) is 15.6. The molecule has 0 aromatic heterocycles. The second-order valence-corrected chi connectivity index (χ2v) is 5.26. The molecule has 0 unspecified atom stereocenters. The molecule has 2 rings (SSSR count). The van der Waals surface area contributed by atoms with Crippen LogP contribution in [0, 0.1) is 6.92 Å². The van der Waals surface area contributed by atoms with Crippen LogP contribution in [0.5, 0.6) is 0 Å². The van der Waals surface area contributed by atoms with E-state index in [2.05, 4.69) is 52.9 Å². The van der Waals surface area contributed by atoms with Gasteiger partial charge < -0.3 is 20.3 Å². The van der Waals surface area contributed by atoms with Gasteiger partial charge in [-0.25, -0.2) is 0 Å². The number of nitrogens with two attached hydrogens (primary N) is 1. The second kappa shape index (κ2) is 7.88. The lowest BCUT2D eigenvalue weighted by Crippen LogP contribution is -2.45. The molecule has 1 saturated heterocycles. The molecule has 0 atom stereocenters. The zero-order chi connectivity index (χ0) is 15.1. The molecule has 1 heterocycles. The van der Waals surface area contributed by atoms with Crippen LogP contribution in [0.3, 0.4) is 0 Å². The van der Waals surface area contributed by atoms with Crippen LogP contribution >= 0.6 is 0 Å². The molecule has 1 fully saturated rings. The summed E-state index contributed by atoms with van der Waals surface area (Å²) >= 11 is 0. The molecule has 1 aromatic rings. The molecule has 5 heteroatoms. The molecule has 5 nitrogen and oxygen atoms in total. The fourth-order valence-electron chi connectivity index (χ4n) is 2.47. The molecule has 1 aliphatic rings. The Bertz CT molecular complexity index is 469. The van der Waals surface area contributed by atoms with Crippen LogP contribution in [0.1, 0.15) is 12.5 Å². The maximum Gasteiger partial charge on any atom is 0.191 e. The van der Waals surface area contributed by atoms with Gasteiger partial charge in [0.15, 0.2) is 5.96 Å². The fourth-order valence-corrected chi connectivity index (χ4v) is 2.47. The molecule has 21 heavy (non-hydrogen) atoms. The van der Waals surface area contributed by atoms with Gasteiger partial charge in [-0.2, -0.15) is 0 Å². The van der Waals surface area contributed by atoms with Gasteiger partial charge in [0, 0.05) is 31.9 Å². The van der Waals surface area contributed by atoms with Gasteiger partial charge in [0.25, 0.3) is 0 Å². The first-order valence-electron chi connectivity index (χ1n) is 7.65. The van der Waals surface area contributed by atoms with Crippen molar-refractivity contribution in [3.8, 4) is 0 Å². The van der Waals surface area contributed by atoms with Gasteiger partial charge in [-0.1, -0.05) is 12.1 Å². The molecule has 0 bridgehead atoms. The van der Waals surface area contributed by atoms with Gasteiger partial charge in [0.2, 0.25) is 0 Å². The molecule has 1 aliphatic heterocycles. The maximum atomic E-state index is 6.04. The lowest BCUT2D eigenvalue weighted by molar-refractivity contribution is 0.0674. The number of nitrogens with zero attached hydrogens (tertiary/aromatic N) is 3. The summed E-state index contributed by atoms with van der Waals surface area (Å²) in [6.07, 6.45) is 0. The normalized spacial score (nSPS) is 16.1. The van der Waals surface area contributed by atoms with Crippen molar-refractivity contribution in [2.24, 2.45) is 10.7 Å². The monoisotopic (exact) mass is 290 g/mol. The molecule has 0 aliphatic carbocycles. The number of morpholine rings is 1. The Morgan fingerprint density at radius 1 is 1.38 bits per heavy atom. The van der Waals surface area contributed by atoms with Crippen LogP contribution in [-0.2, 0) is 4.74 Å². The summed E-state index contributed by atoms with van der Waals surface area (Å²) in [5.74, 6) is 0.638. The number of likely N-dealkylation sites (N-methyl/N-ethyl adjacent to an activating group) is 1. The topological polar surface area (TPSA) is 54.1 Å². The predicted molar refractivity (Wildman–Crippen MR) is 87.9 cm³/mol. The standard InChI is InChI=1S/C16H26N4O/c1-3-19(15-6-4-5-14(2)13-15)8-7-18-16(17)20-9-11-21-12-10-20/h4-6,13H,3,7-12H2,1-2H3,(H2,17,18). The Morgan fingerprint density at radius 3 is 2.81 bits per heavy atom. The Labute approximate surface area is 127 Å². The highest BCUT2D eigenvalue weighted by Crippen LogP contribution is 2.15. The van der Waals surface area contributed by atoms with Crippen LogP contribution in [0.15, 0.2) is 29.3 Å². The van der Waals surface area contributed by atoms with Crippen molar-refractivity contribution in [2.75, 3.05) is 50.8 Å². The van der Waals surface area contributed by atoms with E-state index in [1.807, 2.05) is 0 Å². The van der Waals surface area contributed by atoms with Gasteiger partial charge in [-0.15, -0.1) is 0 Å². The number of hydrogen-bond donors (Lipinski definition) is 1. The molecule has 2 N–H and O–H groups in total. The highest BCUT2D eigenvalue weighted by Gasteiger charge is 2.12. The third-order valence-electron chi connectivity index (χ3n) is 3.73. The van der Waals surface area contributed by atoms with E-state index >= 15 is 0 Å². The third-order valence-corrected chi connectivity index (χ3v) is 3.73. The zero-order valence-corrected chi connectivity index (χ0v) is 13.1. The highest BCUT2D eigenvalue weighted by molar-refractivity contribution is 5.78. The van der Waals surface area contributed by atoms with E-state index in [9.17, 15) is 0 Å². The van der Waals surface area contributed by atoms with Gasteiger partial charge in [0.1, 0.15) is 0 Å². The van der Waals surface area contributed by atoms with E-state index < -0.39 is 0 Å². The van der Waals surface area contributed by atoms with Gasteiger partial charge >= 0.3 is 0 Å². The Hall–Kier alpha value is -1.75. The molecule has 0 spiro atoms. The Morgan fingerprint density at radius 2 is 2.14 bits per heavy atom. The first-order chi connectivity index (χ1) is 10.2. The smallest absolute Gasteiger partial charge is 0.191 e. The SMILES string of the molecule is CCN(CCN=C(N)N1CCOCC1)c1cccc(C)c1. The van der Waals surface area contributed by atoms with Crippen molar-refractivity contribution in [1.29, 1.82) is 0 Å². The van der Waals surface area contributed by atoms with Crippen molar-refractivity contribution in [1.82, 2.24) is 4.90 Å². The number of benzene rings is 1. The number of rotatable bonds is 5. The van der Waals surface area contributed by atoms with Crippen LogP contribution in [0.2, 0.25) is 0 Å². The Kier molecular flexibility index (Phi) is 5.87. The molecule has 0 saturated carbocycles. The average molecular weight is 290 g/mol. The third kappa shape index (κ3) is 4.63. The van der Waals surface area contributed by atoms with Gasteiger partial charge in [-0.3, -0.25) is 4.99 Å². The molecule has 0 radical (unpaired) electrons. The van der Waals surface area contributed by atoms with Gasteiger partial charge in [0.05, 0.1) is 19.8 Å². The minimum absolute atomic E-state index is 0.638. The van der Waals surface area contributed by atoms with E-state index in [1.54, 1.807) is 0 Å². The number of guanidine groups is 1. The summed E-state index contributed by atoms with van der Waals surface area (Å²) in [4.78, 5) is 8.92. The van der Waals surface area contributed by atoms with Crippen molar-refractivity contribution < 1.29 is 4.74 Å².